The Kier molecular flexibility index (Phi) is 26.5. The average Bonchev–Trinajstić information content (AvgIpc) is 2.98. The van der Waals surface area contributed by atoms with Gasteiger partial charge in [-0.15, -0.1) is 0 Å². The third kappa shape index (κ3) is 27.4. The minimum absolute atomic E-state index is 1.17. The van der Waals surface area contributed by atoms with Crippen LogP contribution in [0.4, 0.5) is 0 Å². The fraction of sp³-hybridized carbons (Fsp3) is 0.588. The molecule has 0 spiro atoms. The molecule has 0 fully saturated rings. The Balaban J connectivity index is 0.00000117. The first-order chi connectivity index (χ1) is 20.2. The van der Waals surface area contributed by atoms with Crippen LogP contribution in [-0.4, -0.2) is 70.8 Å². The summed E-state index contributed by atoms with van der Waals surface area (Å²) in [6.07, 6.45) is 13.3. The Morgan fingerprint density at radius 1 is 0.524 bits per heavy atom. The molecule has 0 aliphatic carbocycles. The number of benzene rings is 2. The number of aryl methyl sites for hydroxylation is 2. The summed E-state index contributed by atoms with van der Waals surface area (Å²) in [6, 6.07) is 21.7. The van der Waals surface area contributed by atoms with Crippen LogP contribution in [0.1, 0.15) is 89.2 Å². The van der Waals surface area contributed by atoms with Gasteiger partial charge in [0.05, 0.1) is 0 Å². The molecule has 0 heterocycles. The average molecular weight is 589 g/mol. The molecule has 0 saturated heterocycles. The first kappa shape index (κ1) is 39.2. The SMILES string of the molecule is CC(O)C(=O)O.CC(O)C(=O)O.c1ccc(CCCCNCCCCCCCCNCCCCc2ccccc2)cc1. The van der Waals surface area contributed by atoms with Crippen molar-refractivity contribution >= 4 is 11.9 Å². The van der Waals surface area contributed by atoms with Crippen LogP contribution < -0.4 is 10.6 Å². The van der Waals surface area contributed by atoms with E-state index in [-0.39, 0.29) is 0 Å². The van der Waals surface area contributed by atoms with Gasteiger partial charge in [0.25, 0.3) is 0 Å². The molecule has 0 aromatic heterocycles. The van der Waals surface area contributed by atoms with Crippen molar-refractivity contribution in [1.29, 1.82) is 0 Å². The van der Waals surface area contributed by atoms with Crippen molar-refractivity contribution in [1.82, 2.24) is 10.6 Å². The van der Waals surface area contributed by atoms with E-state index in [9.17, 15) is 9.59 Å². The molecule has 6 N–H and O–H groups in total. The number of carbonyl (C=O) groups is 2. The zero-order valence-corrected chi connectivity index (χ0v) is 25.8. The quantitative estimate of drug-likeness (QED) is 0.106. The van der Waals surface area contributed by atoms with E-state index in [1.165, 1.54) is 128 Å². The standard InChI is InChI=1S/C28H44N2.2C3H6O3/c1(3-13-23-29-25-15-11-21-27-17-7-5-8-18-27)2-4-14-24-30-26-16-12-22-28-19-9-6-10-20-28;2*1-2(4)3(5)6/h5-10,17-20,29-30H,1-4,11-16,21-26H2;2*2,4H,1H3,(H,5,6). The lowest BCUT2D eigenvalue weighted by Crippen LogP contribution is -2.17. The molecule has 42 heavy (non-hydrogen) atoms. The third-order valence-electron chi connectivity index (χ3n) is 6.50. The van der Waals surface area contributed by atoms with Crippen LogP contribution in [0.3, 0.4) is 0 Å². The zero-order valence-electron chi connectivity index (χ0n) is 25.8. The van der Waals surface area contributed by atoms with Crippen LogP contribution in [0.2, 0.25) is 0 Å². The maximum absolute atomic E-state index is 9.45. The zero-order chi connectivity index (χ0) is 31.3. The number of rotatable bonds is 21. The summed E-state index contributed by atoms with van der Waals surface area (Å²) in [5.41, 5.74) is 2.94. The second-order valence-electron chi connectivity index (χ2n) is 10.5. The van der Waals surface area contributed by atoms with E-state index in [4.69, 9.17) is 20.4 Å². The number of carboxylic acid groups (broad SMARTS) is 2. The monoisotopic (exact) mass is 588 g/mol. The van der Waals surface area contributed by atoms with Gasteiger partial charge < -0.3 is 31.1 Å². The van der Waals surface area contributed by atoms with Gasteiger partial charge in [0.2, 0.25) is 0 Å². The molecule has 2 aromatic carbocycles. The predicted octanol–water partition coefficient (Wildman–Crippen LogP) is 5.46. The summed E-state index contributed by atoms with van der Waals surface area (Å²) in [6.45, 7) is 7.12. The topological polar surface area (TPSA) is 139 Å². The van der Waals surface area contributed by atoms with Crippen LogP contribution >= 0.6 is 0 Å². The van der Waals surface area contributed by atoms with Gasteiger partial charge in [0, 0.05) is 0 Å². The second-order valence-corrected chi connectivity index (χ2v) is 10.5. The van der Waals surface area contributed by atoms with Gasteiger partial charge in [-0.25, -0.2) is 9.59 Å². The number of aliphatic carboxylic acids is 2. The molecular formula is C34H56N2O6. The van der Waals surface area contributed by atoms with Gasteiger partial charge in [-0.1, -0.05) is 86.3 Å². The maximum atomic E-state index is 9.45. The van der Waals surface area contributed by atoms with Crippen molar-refractivity contribution < 1.29 is 30.0 Å². The molecule has 2 aromatic rings. The molecule has 8 nitrogen and oxygen atoms in total. The molecule has 8 heteroatoms. The third-order valence-corrected chi connectivity index (χ3v) is 6.50. The molecule has 2 atom stereocenters. The summed E-state index contributed by atoms with van der Waals surface area (Å²) >= 11 is 0. The fourth-order valence-corrected chi connectivity index (χ4v) is 3.90. The lowest BCUT2D eigenvalue weighted by molar-refractivity contribution is -0.146. The lowest BCUT2D eigenvalue weighted by atomic mass is 10.1. The molecular weight excluding hydrogens is 532 g/mol. The van der Waals surface area contributed by atoms with Gasteiger partial charge >= 0.3 is 11.9 Å². The number of unbranched alkanes of at least 4 members (excludes halogenated alkanes) is 7. The minimum Gasteiger partial charge on any atom is -0.479 e. The molecule has 2 unspecified atom stereocenters. The van der Waals surface area contributed by atoms with E-state index in [1.54, 1.807) is 0 Å². The van der Waals surface area contributed by atoms with Crippen molar-refractivity contribution in [3.05, 3.63) is 71.8 Å². The van der Waals surface area contributed by atoms with Crippen molar-refractivity contribution in [3.63, 3.8) is 0 Å². The van der Waals surface area contributed by atoms with Crippen LogP contribution in [0.15, 0.2) is 60.7 Å². The van der Waals surface area contributed by atoms with Crippen LogP contribution in [-0.2, 0) is 22.4 Å². The van der Waals surface area contributed by atoms with E-state index in [1.807, 2.05) is 0 Å². The molecule has 0 aliphatic rings. The van der Waals surface area contributed by atoms with Gasteiger partial charge in [-0.2, -0.15) is 0 Å². The highest BCUT2D eigenvalue weighted by Crippen LogP contribution is 2.06. The first-order valence-corrected chi connectivity index (χ1v) is 15.5. The summed E-state index contributed by atoms with van der Waals surface area (Å²) in [4.78, 5) is 18.9. The van der Waals surface area contributed by atoms with E-state index in [2.05, 4.69) is 71.3 Å². The normalized spacial score (nSPS) is 11.8. The summed E-state index contributed by atoms with van der Waals surface area (Å²) in [7, 11) is 0. The largest absolute Gasteiger partial charge is 0.479 e. The number of hydrogen-bond acceptors (Lipinski definition) is 6. The maximum Gasteiger partial charge on any atom is 0.332 e. The molecule has 2 rings (SSSR count). The highest BCUT2D eigenvalue weighted by atomic mass is 16.4. The Morgan fingerprint density at radius 3 is 1.07 bits per heavy atom. The van der Waals surface area contributed by atoms with Crippen molar-refractivity contribution in [2.75, 3.05) is 26.2 Å². The van der Waals surface area contributed by atoms with Crippen LogP contribution in [0.25, 0.3) is 0 Å². The Morgan fingerprint density at radius 2 is 0.786 bits per heavy atom. The summed E-state index contributed by atoms with van der Waals surface area (Å²) < 4.78 is 0. The van der Waals surface area contributed by atoms with E-state index < -0.39 is 24.1 Å². The number of carboxylic acids is 2. The molecule has 0 amide bonds. The van der Waals surface area contributed by atoms with Crippen LogP contribution in [0.5, 0.6) is 0 Å². The number of aliphatic hydroxyl groups excluding tert-OH is 2. The fourth-order valence-electron chi connectivity index (χ4n) is 3.90. The van der Waals surface area contributed by atoms with Crippen LogP contribution in [0, 0.1) is 0 Å². The van der Waals surface area contributed by atoms with E-state index in [0.29, 0.717) is 0 Å². The molecule has 238 valence electrons. The molecule has 0 bridgehead atoms. The van der Waals surface area contributed by atoms with Crippen molar-refractivity contribution in [2.45, 2.75) is 103 Å². The van der Waals surface area contributed by atoms with Crippen molar-refractivity contribution in [2.24, 2.45) is 0 Å². The Bertz CT molecular complexity index is 805. The Hall–Kier alpha value is -2.78. The van der Waals surface area contributed by atoms with Gasteiger partial charge in [-0.3, -0.25) is 0 Å². The van der Waals surface area contributed by atoms with E-state index in [0.717, 1.165) is 0 Å². The predicted molar refractivity (Wildman–Crippen MR) is 171 cm³/mol. The number of nitrogens with one attached hydrogen (secondary N) is 2. The van der Waals surface area contributed by atoms with E-state index >= 15 is 0 Å². The van der Waals surface area contributed by atoms with Gasteiger partial charge in [0.15, 0.2) is 0 Å². The highest BCUT2D eigenvalue weighted by molar-refractivity contribution is 5.71. The van der Waals surface area contributed by atoms with Crippen molar-refractivity contribution in [3.8, 4) is 0 Å². The second kappa shape index (κ2) is 28.3. The number of aliphatic hydroxyl groups is 2. The molecule has 0 aliphatic heterocycles. The molecule has 0 radical (unpaired) electrons. The highest BCUT2D eigenvalue weighted by Gasteiger charge is 2.02. The first-order valence-electron chi connectivity index (χ1n) is 15.5. The lowest BCUT2D eigenvalue weighted by Gasteiger charge is -2.06. The summed E-state index contributed by atoms with van der Waals surface area (Å²) in [5.74, 6) is -2.37. The Labute approximate surface area is 253 Å². The molecule has 0 saturated carbocycles. The summed E-state index contributed by atoms with van der Waals surface area (Å²) in [5, 5.41) is 38.8. The van der Waals surface area contributed by atoms with Gasteiger partial charge in [0.1, 0.15) is 12.2 Å². The minimum atomic E-state index is -1.23. The van der Waals surface area contributed by atoms with Gasteiger partial charge in [-0.05, 0) is 103 Å². The smallest absolute Gasteiger partial charge is 0.332 e. The number of hydrogen-bond donors (Lipinski definition) is 6.